The molecule has 35 heavy (non-hydrogen) atoms. The molecule has 10 heteroatoms. The minimum absolute atomic E-state index is 0.0442. The lowest BCUT2D eigenvalue weighted by atomic mass is 9.82. The van der Waals surface area contributed by atoms with E-state index in [1.54, 1.807) is 6.07 Å². The fraction of sp³-hybridized carbons (Fsp3) is 0.520. The predicted octanol–water partition coefficient (Wildman–Crippen LogP) is 4.14. The number of nitrogens with one attached hydrogen (secondary N) is 2. The molecule has 0 saturated heterocycles. The van der Waals surface area contributed by atoms with Gasteiger partial charge in [-0.1, -0.05) is 19.3 Å². The molecule has 4 rings (SSSR count). The maximum Gasteiger partial charge on any atom is 0.303 e. The Morgan fingerprint density at radius 2 is 1.69 bits per heavy atom. The van der Waals surface area contributed by atoms with Crippen LogP contribution in [0.2, 0.25) is 0 Å². The van der Waals surface area contributed by atoms with Crippen LogP contribution in [0.3, 0.4) is 0 Å². The molecule has 0 radical (unpaired) electrons. The summed E-state index contributed by atoms with van der Waals surface area (Å²) in [5.74, 6) is 0.276. The second-order valence-corrected chi connectivity index (χ2v) is 11.6. The minimum atomic E-state index is -3.59. The number of amides is 1. The maximum atomic E-state index is 12.8. The molecular formula is C25H32N4O5S. The van der Waals surface area contributed by atoms with Gasteiger partial charge >= 0.3 is 5.97 Å². The molecule has 3 N–H and O–H groups in total. The van der Waals surface area contributed by atoms with Crippen molar-refractivity contribution in [1.82, 2.24) is 9.97 Å². The van der Waals surface area contributed by atoms with Crippen molar-refractivity contribution >= 4 is 33.2 Å². The van der Waals surface area contributed by atoms with Crippen LogP contribution in [0.4, 0.5) is 11.5 Å². The summed E-state index contributed by atoms with van der Waals surface area (Å²) in [4.78, 5) is 31.9. The Morgan fingerprint density at radius 3 is 2.34 bits per heavy atom. The van der Waals surface area contributed by atoms with Crippen LogP contribution in [0.5, 0.6) is 0 Å². The number of benzene rings is 1. The Kier molecular flexibility index (Phi) is 8.00. The minimum Gasteiger partial charge on any atom is -0.481 e. The third kappa shape index (κ3) is 7.00. The zero-order valence-corrected chi connectivity index (χ0v) is 20.5. The average Bonchev–Trinajstić information content (AvgIpc) is 3.69. The van der Waals surface area contributed by atoms with Crippen molar-refractivity contribution in [2.24, 2.45) is 11.8 Å². The Morgan fingerprint density at radius 1 is 1.00 bits per heavy atom. The van der Waals surface area contributed by atoms with E-state index in [-0.39, 0.29) is 29.2 Å². The lowest BCUT2D eigenvalue weighted by molar-refractivity contribution is -0.137. The highest BCUT2D eigenvalue weighted by Crippen LogP contribution is 2.41. The quantitative estimate of drug-likeness (QED) is 0.418. The van der Waals surface area contributed by atoms with E-state index in [2.05, 4.69) is 20.6 Å². The second-order valence-electron chi connectivity index (χ2n) is 9.49. The zero-order valence-electron chi connectivity index (χ0n) is 19.7. The van der Waals surface area contributed by atoms with Crippen molar-refractivity contribution < 1.29 is 23.1 Å². The van der Waals surface area contributed by atoms with E-state index in [4.69, 9.17) is 5.11 Å². The van der Waals surface area contributed by atoms with Crippen LogP contribution in [-0.2, 0) is 14.6 Å². The number of aromatic nitrogens is 2. The highest BCUT2D eigenvalue weighted by atomic mass is 32.2. The van der Waals surface area contributed by atoms with Crippen molar-refractivity contribution in [3.8, 4) is 0 Å². The molecule has 0 bridgehead atoms. The summed E-state index contributed by atoms with van der Waals surface area (Å²) in [6.07, 6.45) is 10.0. The Hall–Kier alpha value is -3.01. The van der Waals surface area contributed by atoms with Crippen LogP contribution in [0.1, 0.15) is 68.3 Å². The van der Waals surface area contributed by atoms with E-state index in [9.17, 15) is 18.0 Å². The average molecular weight is 501 g/mol. The topological polar surface area (TPSA) is 138 Å². The van der Waals surface area contributed by atoms with Crippen LogP contribution in [0.15, 0.2) is 41.6 Å². The van der Waals surface area contributed by atoms with E-state index >= 15 is 0 Å². The van der Waals surface area contributed by atoms with Gasteiger partial charge in [-0.25, -0.2) is 18.4 Å². The largest absolute Gasteiger partial charge is 0.481 e. The van der Waals surface area contributed by atoms with Crippen LogP contribution >= 0.6 is 0 Å². The summed E-state index contributed by atoms with van der Waals surface area (Å²) >= 11 is 0. The molecule has 1 aromatic heterocycles. The lowest BCUT2D eigenvalue weighted by Gasteiger charge is -2.31. The molecule has 1 heterocycles. The molecular weight excluding hydrogens is 468 g/mol. The third-order valence-corrected chi connectivity index (χ3v) is 8.59. The van der Waals surface area contributed by atoms with Gasteiger partial charge in [-0.3, -0.25) is 9.59 Å². The normalized spacial score (nSPS) is 17.5. The second kappa shape index (κ2) is 11.2. The predicted molar refractivity (Wildman–Crippen MR) is 132 cm³/mol. The molecule has 2 aliphatic carbocycles. The first-order valence-electron chi connectivity index (χ1n) is 12.3. The third-order valence-electron chi connectivity index (χ3n) is 6.78. The Bertz CT molecular complexity index is 1140. The van der Waals surface area contributed by atoms with Crippen molar-refractivity contribution in [3.05, 3.63) is 42.4 Å². The van der Waals surface area contributed by atoms with Crippen LogP contribution < -0.4 is 10.6 Å². The molecule has 1 amide bonds. The number of nitrogens with zero attached hydrogens (tertiary/aromatic N) is 2. The number of sulfone groups is 1. The van der Waals surface area contributed by atoms with Crippen LogP contribution in [-0.4, -0.2) is 47.2 Å². The SMILES string of the molecule is O=C(O)CCCS(=O)(=O)c1ccc(NC(=O)c2cc(NC(C3CCCCC3)C3CC3)ncn2)cc1. The van der Waals surface area contributed by atoms with Crippen molar-refractivity contribution in [3.63, 3.8) is 0 Å². The van der Waals surface area contributed by atoms with Gasteiger partial charge in [-0.05, 0) is 68.2 Å². The maximum absolute atomic E-state index is 12.8. The van der Waals surface area contributed by atoms with E-state index < -0.39 is 21.7 Å². The molecule has 2 aromatic rings. The standard InChI is InChI=1S/C25H32N4O5S/c30-23(31)7-4-14-35(33,34)20-12-10-19(11-13-20)28-25(32)21-15-22(27-16-26-21)29-24(18-8-9-18)17-5-2-1-3-6-17/h10-13,15-18,24H,1-9,14H2,(H,28,32)(H,30,31)(H,26,27,29). The van der Waals surface area contributed by atoms with Gasteiger partial charge in [-0.15, -0.1) is 0 Å². The summed E-state index contributed by atoms with van der Waals surface area (Å²) in [5.41, 5.74) is 0.664. The van der Waals surface area contributed by atoms with Crippen molar-refractivity contribution in [1.29, 1.82) is 0 Å². The lowest BCUT2D eigenvalue weighted by Crippen LogP contribution is -2.33. The van der Waals surface area contributed by atoms with Gasteiger partial charge < -0.3 is 15.7 Å². The highest BCUT2D eigenvalue weighted by Gasteiger charge is 2.37. The van der Waals surface area contributed by atoms with Gasteiger partial charge in [-0.2, -0.15) is 0 Å². The molecule has 2 saturated carbocycles. The fourth-order valence-electron chi connectivity index (χ4n) is 4.77. The molecule has 1 unspecified atom stereocenters. The summed E-state index contributed by atoms with van der Waals surface area (Å²) in [5, 5.41) is 15.0. The van der Waals surface area contributed by atoms with Crippen LogP contribution in [0, 0.1) is 11.8 Å². The van der Waals surface area contributed by atoms with Gasteiger partial charge in [0, 0.05) is 24.2 Å². The first-order chi connectivity index (χ1) is 16.8. The summed E-state index contributed by atoms with van der Waals surface area (Å²) in [7, 11) is -3.59. The number of carboxylic acid groups (broad SMARTS) is 1. The number of anilines is 2. The van der Waals surface area contributed by atoms with Gasteiger partial charge in [0.15, 0.2) is 9.84 Å². The molecule has 9 nitrogen and oxygen atoms in total. The van der Waals surface area contributed by atoms with Crippen molar-refractivity contribution in [2.45, 2.75) is 68.7 Å². The molecule has 0 aliphatic heterocycles. The smallest absolute Gasteiger partial charge is 0.303 e. The molecule has 2 fully saturated rings. The molecule has 188 valence electrons. The molecule has 2 aliphatic rings. The number of carbonyl (C=O) groups excluding carboxylic acids is 1. The van der Waals surface area contributed by atoms with E-state index in [0.717, 1.165) is 0 Å². The summed E-state index contributed by atoms with van der Waals surface area (Å²) in [6.45, 7) is 0. The molecule has 0 spiro atoms. The van der Waals surface area contributed by atoms with Gasteiger partial charge in [0.2, 0.25) is 0 Å². The number of rotatable bonds is 11. The summed E-state index contributed by atoms with van der Waals surface area (Å²) in [6, 6.07) is 7.87. The number of carbonyl (C=O) groups is 2. The Labute approximate surface area is 205 Å². The van der Waals surface area contributed by atoms with Gasteiger partial charge in [0.05, 0.1) is 10.6 Å². The highest BCUT2D eigenvalue weighted by molar-refractivity contribution is 7.91. The molecule has 1 aromatic carbocycles. The van der Waals surface area contributed by atoms with E-state index in [1.165, 1.54) is 75.5 Å². The first kappa shape index (κ1) is 25.1. The number of aliphatic carboxylic acids is 1. The molecule has 1 atom stereocenters. The van der Waals surface area contributed by atoms with E-state index in [0.29, 0.717) is 29.4 Å². The Balaban J connectivity index is 1.37. The van der Waals surface area contributed by atoms with Gasteiger partial charge in [0.25, 0.3) is 5.91 Å². The number of hydrogen-bond donors (Lipinski definition) is 3. The monoisotopic (exact) mass is 500 g/mol. The zero-order chi connectivity index (χ0) is 24.8. The first-order valence-corrected chi connectivity index (χ1v) is 13.9. The van der Waals surface area contributed by atoms with Crippen LogP contribution in [0.25, 0.3) is 0 Å². The van der Waals surface area contributed by atoms with Crippen molar-refractivity contribution in [2.75, 3.05) is 16.4 Å². The number of hydrogen-bond acceptors (Lipinski definition) is 7. The number of carboxylic acids is 1. The van der Waals surface area contributed by atoms with E-state index in [1.807, 2.05) is 0 Å². The van der Waals surface area contributed by atoms with Gasteiger partial charge in [0.1, 0.15) is 17.8 Å². The summed E-state index contributed by atoms with van der Waals surface area (Å²) < 4.78 is 24.7. The fourth-order valence-corrected chi connectivity index (χ4v) is 6.08.